The van der Waals surface area contributed by atoms with Crippen LogP contribution >= 0.6 is 27.0 Å². The summed E-state index contributed by atoms with van der Waals surface area (Å²) < 4.78 is 0. The van der Waals surface area contributed by atoms with Crippen molar-refractivity contribution in [1.29, 1.82) is 0 Å². The van der Waals surface area contributed by atoms with Crippen LogP contribution in [0.15, 0.2) is 60.7 Å². The van der Waals surface area contributed by atoms with Gasteiger partial charge in [0.2, 0.25) is 0 Å². The Balaban J connectivity index is 0.00000171. The molecule has 0 heterocycles. The van der Waals surface area contributed by atoms with E-state index in [1.807, 2.05) is 0 Å². The molecule has 2 nitrogen and oxygen atoms in total. The summed E-state index contributed by atoms with van der Waals surface area (Å²) in [6.07, 6.45) is 5.51. The Hall–Kier alpha value is -0.940. The largest absolute Gasteiger partial charge is 0.315 e. The van der Waals surface area contributed by atoms with Crippen LogP contribution in [0.3, 0.4) is 0 Å². The van der Waals surface area contributed by atoms with Gasteiger partial charge in [-0.15, -0.1) is 0 Å². The van der Waals surface area contributed by atoms with Crippen LogP contribution in [-0.2, 0) is 0 Å². The van der Waals surface area contributed by atoms with Gasteiger partial charge in [-0.25, -0.2) is 0 Å². The van der Waals surface area contributed by atoms with Crippen molar-refractivity contribution in [3.8, 4) is 0 Å². The van der Waals surface area contributed by atoms with E-state index in [4.69, 9.17) is 0 Å². The van der Waals surface area contributed by atoms with Gasteiger partial charge in [0.25, 0.3) is 0 Å². The van der Waals surface area contributed by atoms with Gasteiger partial charge in [-0.3, -0.25) is 0 Å². The Kier molecular flexibility index (Phi) is 12.4. The Morgan fingerprint density at radius 2 is 1.38 bits per heavy atom. The molecular formula is C28H46N2S2. The molecule has 5 rings (SSSR count). The van der Waals surface area contributed by atoms with Crippen molar-refractivity contribution in [2.24, 2.45) is 23.2 Å². The van der Waals surface area contributed by atoms with E-state index < -0.39 is 0 Å². The molecule has 0 spiro atoms. The minimum absolute atomic E-state index is 0. The fraction of sp³-hybridized carbons (Fsp3) is 0.571. The lowest BCUT2D eigenvalue weighted by molar-refractivity contribution is -0.103. The maximum atomic E-state index is 3.74. The maximum absolute atomic E-state index is 3.74. The number of hydrogen-bond acceptors (Lipinski definition) is 2. The Morgan fingerprint density at radius 1 is 0.812 bits per heavy atom. The second-order valence-corrected chi connectivity index (χ2v) is 9.81. The number of fused-ring (bicyclic) bond motifs is 2. The summed E-state index contributed by atoms with van der Waals surface area (Å²) in [6.45, 7) is 9.38. The molecular weight excluding hydrogens is 428 g/mol. The van der Waals surface area contributed by atoms with Gasteiger partial charge < -0.3 is 10.6 Å². The van der Waals surface area contributed by atoms with Crippen LogP contribution in [0.25, 0.3) is 0 Å². The van der Waals surface area contributed by atoms with E-state index in [9.17, 15) is 0 Å². The van der Waals surface area contributed by atoms with Crippen molar-refractivity contribution in [2.45, 2.75) is 52.9 Å². The summed E-state index contributed by atoms with van der Waals surface area (Å²) in [5, 5.41) is 7.40. The first-order valence-electron chi connectivity index (χ1n) is 11.7. The average molecular weight is 475 g/mol. The molecule has 0 aromatic heterocycles. The highest BCUT2D eigenvalue weighted by molar-refractivity contribution is 7.59. The van der Waals surface area contributed by atoms with Crippen molar-refractivity contribution in [2.75, 3.05) is 26.2 Å². The van der Waals surface area contributed by atoms with Crippen LogP contribution in [0.4, 0.5) is 0 Å². The molecule has 0 aliphatic heterocycles. The van der Waals surface area contributed by atoms with E-state index in [-0.39, 0.29) is 34.4 Å². The molecule has 0 radical (unpaired) electrons. The molecule has 4 heteroatoms. The first-order valence-corrected chi connectivity index (χ1v) is 11.7. The van der Waals surface area contributed by atoms with Crippen molar-refractivity contribution < 1.29 is 0 Å². The standard InChI is InChI=1S/C27H38N2.CH4.2H2S/c1-27(2)24-14-13-23(26(27)19-24)20-29-18-17-28-16-15-25(21-9-5-3-6-10-21)22-11-7-4-8-12-22;;;/h3-12,23-26,28-29H,13-20H2,1-2H3;1H4;2*1H2/t23?,24?,26-;;;/m0.../s1. The first kappa shape index (κ1) is 29.1. The molecule has 180 valence electrons. The molecule has 32 heavy (non-hydrogen) atoms. The highest BCUT2D eigenvalue weighted by atomic mass is 32.1. The molecule has 2 aromatic rings. The predicted molar refractivity (Wildman–Crippen MR) is 151 cm³/mol. The molecule has 2 N–H and O–H groups in total. The lowest BCUT2D eigenvalue weighted by Crippen LogP contribution is -2.54. The third-order valence-corrected chi connectivity index (χ3v) is 7.90. The minimum atomic E-state index is 0. The molecule has 0 amide bonds. The average Bonchev–Trinajstić information content (AvgIpc) is 2.77. The maximum Gasteiger partial charge on any atom is 0.0101 e. The lowest BCUT2D eigenvalue weighted by Gasteiger charge is -2.60. The van der Waals surface area contributed by atoms with Gasteiger partial charge in [-0.2, -0.15) is 27.0 Å². The van der Waals surface area contributed by atoms with Crippen LogP contribution in [0, 0.1) is 23.2 Å². The topological polar surface area (TPSA) is 24.1 Å². The van der Waals surface area contributed by atoms with Gasteiger partial charge in [0.1, 0.15) is 0 Å². The zero-order valence-corrected chi connectivity index (χ0v) is 21.2. The summed E-state index contributed by atoms with van der Waals surface area (Å²) in [7, 11) is 0. The Bertz CT molecular complexity index is 709. The second kappa shape index (κ2) is 13.7. The van der Waals surface area contributed by atoms with Gasteiger partial charge in [0.05, 0.1) is 0 Å². The van der Waals surface area contributed by atoms with E-state index >= 15 is 0 Å². The normalized spacial score (nSPS) is 22.7. The van der Waals surface area contributed by atoms with Crippen LogP contribution < -0.4 is 10.6 Å². The fourth-order valence-electron chi connectivity index (χ4n) is 5.94. The third kappa shape index (κ3) is 6.79. The van der Waals surface area contributed by atoms with Gasteiger partial charge >= 0.3 is 0 Å². The zero-order valence-electron chi connectivity index (χ0n) is 19.2. The number of hydrogen-bond donors (Lipinski definition) is 2. The zero-order chi connectivity index (χ0) is 20.1. The Morgan fingerprint density at radius 3 is 1.91 bits per heavy atom. The monoisotopic (exact) mass is 474 g/mol. The fourth-order valence-corrected chi connectivity index (χ4v) is 5.94. The van der Waals surface area contributed by atoms with Crippen LogP contribution in [0.2, 0.25) is 0 Å². The third-order valence-electron chi connectivity index (χ3n) is 7.90. The van der Waals surface area contributed by atoms with Crippen molar-refractivity contribution in [1.82, 2.24) is 10.6 Å². The molecule has 3 saturated carbocycles. The summed E-state index contributed by atoms with van der Waals surface area (Å²) >= 11 is 0. The van der Waals surface area contributed by atoms with Gasteiger partial charge in [-0.1, -0.05) is 81.9 Å². The molecule has 2 aromatic carbocycles. The van der Waals surface area contributed by atoms with Crippen molar-refractivity contribution >= 4 is 27.0 Å². The van der Waals surface area contributed by atoms with E-state index in [2.05, 4.69) is 85.1 Å². The van der Waals surface area contributed by atoms with E-state index in [1.54, 1.807) is 0 Å². The first-order chi connectivity index (χ1) is 14.2. The summed E-state index contributed by atoms with van der Waals surface area (Å²) in [6, 6.07) is 21.9. The molecule has 2 bridgehead atoms. The molecule has 2 unspecified atom stereocenters. The van der Waals surface area contributed by atoms with Crippen LogP contribution in [-0.4, -0.2) is 26.2 Å². The van der Waals surface area contributed by atoms with E-state index in [0.29, 0.717) is 11.3 Å². The summed E-state index contributed by atoms with van der Waals surface area (Å²) in [4.78, 5) is 0. The predicted octanol–water partition coefficient (Wildman–Crippen LogP) is 6.32. The summed E-state index contributed by atoms with van der Waals surface area (Å²) in [5.74, 6) is 3.33. The summed E-state index contributed by atoms with van der Waals surface area (Å²) in [5.41, 5.74) is 3.43. The lowest BCUT2D eigenvalue weighted by atomic mass is 9.45. The van der Waals surface area contributed by atoms with Crippen LogP contribution in [0.5, 0.6) is 0 Å². The highest BCUT2D eigenvalue weighted by Gasteiger charge is 2.53. The van der Waals surface area contributed by atoms with Crippen molar-refractivity contribution in [3.63, 3.8) is 0 Å². The molecule has 3 fully saturated rings. The van der Waals surface area contributed by atoms with Gasteiger partial charge in [-0.05, 0) is 73.1 Å². The SMILES string of the molecule is C.CC1(C)C2CCC(CNCCNCCC(c3ccccc3)c3ccccc3)[C@@H]1C2.S.S. The van der Waals surface area contributed by atoms with Crippen LogP contribution in [0.1, 0.15) is 64.0 Å². The molecule has 3 aliphatic carbocycles. The Labute approximate surface area is 211 Å². The molecule has 3 atom stereocenters. The van der Waals surface area contributed by atoms with Gasteiger partial charge in [0, 0.05) is 19.0 Å². The van der Waals surface area contributed by atoms with Gasteiger partial charge in [0.15, 0.2) is 0 Å². The number of benzene rings is 2. The second-order valence-electron chi connectivity index (χ2n) is 9.81. The number of nitrogens with one attached hydrogen (secondary N) is 2. The van der Waals surface area contributed by atoms with E-state index in [0.717, 1.165) is 43.8 Å². The molecule has 0 saturated heterocycles. The van der Waals surface area contributed by atoms with E-state index in [1.165, 1.54) is 36.9 Å². The smallest absolute Gasteiger partial charge is 0.0101 e. The number of rotatable bonds is 10. The quantitative estimate of drug-likeness (QED) is 0.394. The van der Waals surface area contributed by atoms with Crippen molar-refractivity contribution in [3.05, 3.63) is 71.8 Å². The highest BCUT2D eigenvalue weighted by Crippen LogP contribution is 2.61. The molecule has 3 aliphatic rings. The minimum Gasteiger partial charge on any atom is -0.315 e.